The largest absolute Gasteiger partial charge is 0.250 e. The number of hydrogen-bond acceptors (Lipinski definition) is 2. The fourth-order valence-electron chi connectivity index (χ4n) is 1.44. The molecule has 1 aromatic carbocycles. The molecule has 4 heteroatoms. The molecule has 0 bridgehead atoms. The smallest absolute Gasteiger partial charge is 0.143 e. The van der Waals surface area contributed by atoms with Crippen molar-refractivity contribution in [2.45, 2.75) is 19.8 Å². The van der Waals surface area contributed by atoms with Gasteiger partial charge in [0.2, 0.25) is 6.33 Å². The van der Waals surface area contributed by atoms with E-state index < -0.39 is 0 Å². The van der Waals surface area contributed by atoms with Crippen LogP contribution >= 0.6 is 0 Å². The predicted octanol–water partition coefficient (Wildman–Crippen LogP) is 1.22. The molecule has 0 saturated heterocycles. The van der Waals surface area contributed by atoms with Gasteiger partial charge in [-0.2, -0.15) is 0 Å². The maximum absolute atomic E-state index is 3.99. The molecule has 0 fully saturated rings. The molecule has 0 aliphatic carbocycles. The Labute approximate surface area is 89.1 Å². The zero-order valence-corrected chi connectivity index (χ0v) is 9.25. The highest BCUT2D eigenvalue weighted by Gasteiger charge is 2.07. The molecule has 0 atom stereocenters. The van der Waals surface area contributed by atoms with Gasteiger partial charge in [0.05, 0.1) is 7.05 Å². The van der Waals surface area contributed by atoms with Crippen LogP contribution in [0.2, 0.25) is 0 Å². The van der Waals surface area contributed by atoms with Crippen LogP contribution in [0, 0.1) is 0 Å². The Morgan fingerprint density at radius 2 is 1.87 bits per heavy atom. The standard InChI is InChI=1S/C11H15N4/c1-9(2)10-4-6-11(7-5-10)15-8-14(3)12-13-15/h4-9H,1-3H3/q+1. The third-order valence-electron chi connectivity index (χ3n) is 2.38. The van der Waals surface area contributed by atoms with E-state index in [1.54, 1.807) is 9.36 Å². The average Bonchev–Trinajstić information content (AvgIpc) is 2.65. The molecule has 2 rings (SSSR count). The summed E-state index contributed by atoms with van der Waals surface area (Å²) in [7, 11) is 1.85. The van der Waals surface area contributed by atoms with Crippen molar-refractivity contribution >= 4 is 0 Å². The van der Waals surface area contributed by atoms with Gasteiger partial charge in [0.15, 0.2) is 5.21 Å². The lowest BCUT2D eigenvalue weighted by atomic mass is 10.0. The van der Waals surface area contributed by atoms with Crippen LogP contribution in [0.4, 0.5) is 0 Å². The first-order valence-electron chi connectivity index (χ1n) is 5.05. The van der Waals surface area contributed by atoms with Crippen molar-refractivity contribution in [3.8, 4) is 5.69 Å². The lowest BCUT2D eigenvalue weighted by Crippen LogP contribution is -2.28. The van der Waals surface area contributed by atoms with Gasteiger partial charge in [-0.15, -0.1) is 4.68 Å². The van der Waals surface area contributed by atoms with E-state index in [0.717, 1.165) is 5.69 Å². The van der Waals surface area contributed by atoms with Gasteiger partial charge in [-0.3, -0.25) is 0 Å². The minimum atomic E-state index is 0.561. The van der Waals surface area contributed by atoms with Crippen LogP contribution in [-0.4, -0.2) is 15.1 Å². The monoisotopic (exact) mass is 203 g/mol. The molecule has 0 aliphatic rings. The zero-order chi connectivity index (χ0) is 10.8. The molecule has 0 aliphatic heterocycles. The first-order valence-corrected chi connectivity index (χ1v) is 5.05. The molecule has 78 valence electrons. The molecule has 0 radical (unpaired) electrons. The van der Waals surface area contributed by atoms with E-state index in [9.17, 15) is 0 Å². The molecular formula is C11H15N4+. The number of tetrazole rings is 1. The Hall–Kier alpha value is -1.71. The van der Waals surface area contributed by atoms with E-state index in [-0.39, 0.29) is 0 Å². The first kappa shape index (κ1) is 9.83. The van der Waals surface area contributed by atoms with E-state index in [1.165, 1.54) is 5.56 Å². The van der Waals surface area contributed by atoms with Crippen molar-refractivity contribution in [3.05, 3.63) is 36.2 Å². The second kappa shape index (κ2) is 3.81. The van der Waals surface area contributed by atoms with Gasteiger partial charge in [-0.05, 0) is 23.6 Å². The van der Waals surface area contributed by atoms with Gasteiger partial charge in [0.25, 0.3) is 0 Å². The number of nitrogens with zero attached hydrogens (tertiary/aromatic N) is 4. The highest BCUT2D eigenvalue weighted by atomic mass is 15.6. The van der Waals surface area contributed by atoms with Crippen LogP contribution in [0.25, 0.3) is 5.69 Å². The van der Waals surface area contributed by atoms with Crippen molar-refractivity contribution in [1.29, 1.82) is 0 Å². The lowest BCUT2D eigenvalue weighted by molar-refractivity contribution is -0.731. The van der Waals surface area contributed by atoms with Crippen LogP contribution in [0.3, 0.4) is 0 Å². The van der Waals surface area contributed by atoms with Crippen LogP contribution in [0.1, 0.15) is 25.3 Å². The Bertz CT molecular complexity index is 442. The van der Waals surface area contributed by atoms with Crippen LogP contribution < -0.4 is 4.68 Å². The van der Waals surface area contributed by atoms with Crippen molar-refractivity contribution in [2.24, 2.45) is 7.05 Å². The second-order valence-corrected chi connectivity index (χ2v) is 3.96. The van der Waals surface area contributed by atoms with Crippen LogP contribution in [0.5, 0.6) is 0 Å². The minimum absolute atomic E-state index is 0.561. The van der Waals surface area contributed by atoms with Crippen molar-refractivity contribution in [2.75, 3.05) is 0 Å². The molecule has 0 saturated carbocycles. The molecular weight excluding hydrogens is 188 g/mol. The third kappa shape index (κ3) is 2.03. The lowest BCUT2D eigenvalue weighted by Gasteiger charge is -2.03. The van der Waals surface area contributed by atoms with Gasteiger partial charge in [-0.25, -0.2) is 0 Å². The SMILES string of the molecule is CC(C)c1ccc(-n2c[n+](C)nn2)cc1. The molecule has 4 nitrogen and oxygen atoms in total. The first-order chi connectivity index (χ1) is 7.16. The van der Waals surface area contributed by atoms with E-state index in [0.29, 0.717) is 5.92 Å². The third-order valence-corrected chi connectivity index (χ3v) is 2.38. The summed E-state index contributed by atoms with van der Waals surface area (Å²) < 4.78 is 3.43. The molecule has 0 N–H and O–H groups in total. The number of benzene rings is 1. The summed E-state index contributed by atoms with van der Waals surface area (Å²) in [5.74, 6) is 0.561. The van der Waals surface area contributed by atoms with Gasteiger partial charge in [0.1, 0.15) is 10.9 Å². The fourth-order valence-corrected chi connectivity index (χ4v) is 1.44. The summed E-state index contributed by atoms with van der Waals surface area (Å²) in [6.45, 7) is 4.37. The van der Waals surface area contributed by atoms with Crippen LogP contribution in [0.15, 0.2) is 30.6 Å². The highest BCUT2D eigenvalue weighted by molar-refractivity contribution is 5.33. The number of aryl methyl sites for hydroxylation is 1. The fraction of sp³-hybridized carbons (Fsp3) is 0.364. The predicted molar refractivity (Wildman–Crippen MR) is 56.6 cm³/mol. The quantitative estimate of drug-likeness (QED) is 0.688. The molecule has 0 unspecified atom stereocenters. The zero-order valence-electron chi connectivity index (χ0n) is 9.25. The van der Waals surface area contributed by atoms with E-state index in [1.807, 2.05) is 13.4 Å². The molecule has 15 heavy (non-hydrogen) atoms. The van der Waals surface area contributed by atoms with E-state index in [2.05, 4.69) is 48.5 Å². The molecule has 0 spiro atoms. The van der Waals surface area contributed by atoms with Gasteiger partial charge in [0, 0.05) is 0 Å². The molecule has 1 aromatic heterocycles. The maximum Gasteiger partial charge on any atom is 0.250 e. The summed E-state index contributed by atoms with van der Waals surface area (Å²) >= 11 is 0. The number of hydrogen-bond donors (Lipinski definition) is 0. The van der Waals surface area contributed by atoms with Crippen molar-refractivity contribution < 1.29 is 4.68 Å². The minimum Gasteiger partial charge on any atom is -0.143 e. The van der Waals surface area contributed by atoms with E-state index in [4.69, 9.17) is 0 Å². The van der Waals surface area contributed by atoms with Gasteiger partial charge in [-0.1, -0.05) is 30.7 Å². The Morgan fingerprint density at radius 1 is 1.20 bits per heavy atom. The molecule has 1 heterocycles. The highest BCUT2D eigenvalue weighted by Crippen LogP contribution is 2.15. The molecule has 0 amide bonds. The van der Waals surface area contributed by atoms with Crippen molar-refractivity contribution in [3.63, 3.8) is 0 Å². The van der Waals surface area contributed by atoms with Gasteiger partial charge < -0.3 is 0 Å². The Morgan fingerprint density at radius 3 is 2.33 bits per heavy atom. The Kier molecular flexibility index (Phi) is 2.49. The summed E-state index contributed by atoms with van der Waals surface area (Å²) in [6.07, 6.45) is 1.84. The van der Waals surface area contributed by atoms with E-state index >= 15 is 0 Å². The Balaban J connectivity index is 2.31. The normalized spacial score (nSPS) is 10.9. The summed E-state index contributed by atoms with van der Waals surface area (Å²) in [5.41, 5.74) is 2.37. The second-order valence-electron chi connectivity index (χ2n) is 3.96. The summed E-state index contributed by atoms with van der Waals surface area (Å²) in [4.78, 5) is 0. The van der Waals surface area contributed by atoms with Gasteiger partial charge >= 0.3 is 0 Å². The number of aromatic nitrogens is 4. The average molecular weight is 203 g/mol. The maximum atomic E-state index is 3.99. The summed E-state index contributed by atoms with van der Waals surface area (Å²) in [5, 5.41) is 7.87. The summed E-state index contributed by atoms with van der Waals surface area (Å²) in [6, 6.07) is 8.37. The number of rotatable bonds is 2. The van der Waals surface area contributed by atoms with Crippen LogP contribution in [-0.2, 0) is 7.05 Å². The molecule has 2 aromatic rings. The topological polar surface area (TPSA) is 34.6 Å². The van der Waals surface area contributed by atoms with Crippen molar-refractivity contribution in [1.82, 2.24) is 15.1 Å².